The van der Waals surface area contributed by atoms with Crippen LogP contribution < -0.4 is 19.7 Å². The van der Waals surface area contributed by atoms with Gasteiger partial charge in [-0.2, -0.15) is 0 Å². The fourth-order valence-corrected chi connectivity index (χ4v) is 2.44. The fourth-order valence-electron chi connectivity index (χ4n) is 2.44. The molecule has 2 rings (SSSR count). The monoisotopic (exact) mass is 342 g/mol. The first-order chi connectivity index (χ1) is 11.9. The van der Waals surface area contributed by atoms with Crippen LogP contribution in [0.5, 0.6) is 11.5 Å². The van der Waals surface area contributed by atoms with Gasteiger partial charge in [0.1, 0.15) is 6.54 Å². The summed E-state index contributed by atoms with van der Waals surface area (Å²) in [5, 5.41) is 2.80. The maximum absolute atomic E-state index is 12.3. The molecule has 6 heteroatoms. The zero-order chi connectivity index (χ0) is 18.4. The summed E-state index contributed by atoms with van der Waals surface area (Å²) in [7, 11) is 3.06. The molecule has 2 aromatic rings. The molecule has 25 heavy (non-hydrogen) atoms. The first kappa shape index (κ1) is 18.3. The van der Waals surface area contributed by atoms with Gasteiger partial charge in [0.15, 0.2) is 11.5 Å². The summed E-state index contributed by atoms with van der Waals surface area (Å²) in [4.78, 5) is 25.7. The van der Waals surface area contributed by atoms with Crippen LogP contribution in [0.2, 0.25) is 0 Å². The largest absolute Gasteiger partial charge is 0.493 e. The van der Waals surface area contributed by atoms with Gasteiger partial charge >= 0.3 is 0 Å². The van der Waals surface area contributed by atoms with Crippen LogP contribution in [-0.2, 0) is 9.59 Å². The maximum Gasteiger partial charge on any atom is 0.244 e. The number of methoxy groups -OCH3 is 2. The van der Waals surface area contributed by atoms with Gasteiger partial charge in [-0.3, -0.25) is 9.59 Å². The molecule has 0 saturated heterocycles. The molecule has 0 heterocycles. The van der Waals surface area contributed by atoms with E-state index in [9.17, 15) is 9.59 Å². The minimum Gasteiger partial charge on any atom is -0.493 e. The third kappa shape index (κ3) is 4.73. The second kappa shape index (κ2) is 8.19. The molecular formula is C19H22N2O4. The standard InChI is InChI=1S/C19H22N2O4/c1-13-6-5-7-15(10-13)20-19(23)12-21(14(2)22)16-8-9-17(24-3)18(11-16)25-4/h5-11H,12H2,1-4H3,(H,20,23). The number of carbonyl (C=O) groups is 2. The third-order valence-electron chi connectivity index (χ3n) is 3.66. The number of aryl methyl sites for hydroxylation is 1. The Kier molecular flexibility index (Phi) is 6.00. The van der Waals surface area contributed by atoms with Gasteiger partial charge < -0.3 is 19.7 Å². The summed E-state index contributed by atoms with van der Waals surface area (Å²) in [6, 6.07) is 12.6. The van der Waals surface area contributed by atoms with E-state index in [0.717, 1.165) is 5.56 Å². The summed E-state index contributed by atoms with van der Waals surface area (Å²) < 4.78 is 10.5. The van der Waals surface area contributed by atoms with E-state index in [0.29, 0.717) is 22.9 Å². The molecule has 0 unspecified atom stereocenters. The van der Waals surface area contributed by atoms with Crippen LogP contribution in [0.3, 0.4) is 0 Å². The third-order valence-corrected chi connectivity index (χ3v) is 3.66. The van der Waals surface area contributed by atoms with Gasteiger partial charge in [0, 0.05) is 24.4 Å². The number of carbonyl (C=O) groups excluding carboxylic acids is 2. The number of ether oxygens (including phenoxy) is 2. The van der Waals surface area contributed by atoms with E-state index < -0.39 is 0 Å². The molecule has 0 fully saturated rings. The Balaban J connectivity index is 2.18. The topological polar surface area (TPSA) is 67.9 Å². The summed E-state index contributed by atoms with van der Waals surface area (Å²) >= 11 is 0. The number of anilines is 2. The van der Waals surface area contributed by atoms with E-state index >= 15 is 0 Å². The number of rotatable bonds is 6. The molecule has 0 spiro atoms. The predicted octanol–water partition coefficient (Wildman–Crippen LogP) is 3.00. The Hall–Kier alpha value is -3.02. The zero-order valence-corrected chi connectivity index (χ0v) is 14.8. The normalized spacial score (nSPS) is 10.1. The van der Waals surface area contributed by atoms with Gasteiger partial charge in [0.2, 0.25) is 11.8 Å². The van der Waals surface area contributed by atoms with E-state index in [1.807, 2.05) is 25.1 Å². The van der Waals surface area contributed by atoms with Crippen LogP contribution in [0, 0.1) is 6.92 Å². The highest BCUT2D eigenvalue weighted by molar-refractivity contribution is 6.02. The summed E-state index contributed by atoms with van der Waals surface area (Å²) in [6.07, 6.45) is 0. The molecule has 0 saturated carbocycles. The molecule has 0 aliphatic heterocycles. The van der Waals surface area contributed by atoms with Crippen molar-refractivity contribution in [2.24, 2.45) is 0 Å². The lowest BCUT2D eigenvalue weighted by molar-refractivity contribution is -0.120. The molecule has 0 radical (unpaired) electrons. The van der Waals surface area contributed by atoms with Crippen molar-refractivity contribution in [3.63, 3.8) is 0 Å². The molecule has 2 aromatic carbocycles. The Morgan fingerprint density at radius 3 is 2.36 bits per heavy atom. The molecule has 0 aliphatic carbocycles. The number of nitrogens with one attached hydrogen (secondary N) is 1. The number of amides is 2. The van der Waals surface area contributed by atoms with Crippen molar-refractivity contribution in [1.29, 1.82) is 0 Å². The Bertz CT molecular complexity index is 774. The number of hydrogen-bond acceptors (Lipinski definition) is 4. The Labute approximate surface area is 147 Å². The van der Waals surface area contributed by atoms with E-state index in [2.05, 4.69) is 5.32 Å². The minimum atomic E-state index is -0.282. The van der Waals surface area contributed by atoms with Gasteiger partial charge in [-0.15, -0.1) is 0 Å². The van der Waals surface area contributed by atoms with Crippen molar-refractivity contribution in [1.82, 2.24) is 0 Å². The lowest BCUT2D eigenvalue weighted by Gasteiger charge is -2.22. The SMILES string of the molecule is COc1ccc(N(CC(=O)Nc2cccc(C)c2)C(C)=O)cc1OC. The van der Waals surface area contributed by atoms with Gasteiger partial charge in [-0.05, 0) is 36.8 Å². The summed E-state index contributed by atoms with van der Waals surface area (Å²) in [5.74, 6) is 0.520. The Morgan fingerprint density at radius 2 is 1.76 bits per heavy atom. The van der Waals surface area contributed by atoms with Gasteiger partial charge in [-0.1, -0.05) is 12.1 Å². The molecule has 0 bridgehead atoms. The van der Waals surface area contributed by atoms with E-state index in [1.165, 1.54) is 26.0 Å². The second-order valence-electron chi connectivity index (χ2n) is 5.56. The van der Waals surface area contributed by atoms with E-state index in [1.54, 1.807) is 24.3 Å². The molecular weight excluding hydrogens is 320 g/mol. The molecule has 132 valence electrons. The van der Waals surface area contributed by atoms with Crippen molar-refractivity contribution >= 4 is 23.2 Å². The van der Waals surface area contributed by atoms with Gasteiger partial charge in [-0.25, -0.2) is 0 Å². The van der Waals surface area contributed by atoms with Crippen molar-refractivity contribution in [2.45, 2.75) is 13.8 Å². The molecule has 2 amide bonds. The van der Waals surface area contributed by atoms with Crippen LogP contribution in [0.1, 0.15) is 12.5 Å². The first-order valence-electron chi connectivity index (χ1n) is 7.81. The summed E-state index contributed by atoms with van der Waals surface area (Å²) in [5.41, 5.74) is 2.30. The lowest BCUT2D eigenvalue weighted by atomic mass is 10.2. The summed E-state index contributed by atoms with van der Waals surface area (Å²) in [6.45, 7) is 3.26. The van der Waals surface area contributed by atoms with Crippen LogP contribution in [0.4, 0.5) is 11.4 Å². The smallest absolute Gasteiger partial charge is 0.244 e. The first-order valence-corrected chi connectivity index (χ1v) is 7.81. The molecule has 0 atom stereocenters. The maximum atomic E-state index is 12.3. The van der Waals surface area contributed by atoms with Crippen LogP contribution in [0.15, 0.2) is 42.5 Å². The molecule has 0 aromatic heterocycles. The van der Waals surface area contributed by atoms with Gasteiger partial charge in [0.25, 0.3) is 0 Å². The average Bonchev–Trinajstić information content (AvgIpc) is 2.58. The highest BCUT2D eigenvalue weighted by Crippen LogP contribution is 2.31. The molecule has 1 N–H and O–H groups in total. The highest BCUT2D eigenvalue weighted by Gasteiger charge is 2.18. The van der Waals surface area contributed by atoms with E-state index in [4.69, 9.17) is 9.47 Å². The number of benzene rings is 2. The van der Waals surface area contributed by atoms with Crippen molar-refractivity contribution in [3.05, 3.63) is 48.0 Å². The second-order valence-corrected chi connectivity index (χ2v) is 5.56. The molecule has 6 nitrogen and oxygen atoms in total. The van der Waals surface area contributed by atoms with Crippen LogP contribution in [-0.4, -0.2) is 32.6 Å². The van der Waals surface area contributed by atoms with E-state index in [-0.39, 0.29) is 18.4 Å². The predicted molar refractivity (Wildman–Crippen MR) is 97.4 cm³/mol. The quantitative estimate of drug-likeness (QED) is 0.876. The average molecular weight is 342 g/mol. The number of hydrogen-bond donors (Lipinski definition) is 1. The number of nitrogens with zero attached hydrogens (tertiary/aromatic N) is 1. The highest BCUT2D eigenvalue weighted by atomic mass is 16.5. The minimum absolute atomic E-state index is 0.0985. The van der Waals surface area contributed by atoms with Gasteiger partial charge in [0.05, 0.1) is 14.2 Å². The van der Waals surface area contributed by atoms with Crippen molar-refractivity contribution in [3.8, 4) is 11.5 Å². The van der Waals surface area contributed by atoms with Crippen molar-refractivity contribution < 1.29 is 19.1 Å². The van der Waals surface area contributed by atoms with Crippen LogP contribution in [0.25, 0.3) is 0 Å². The zero-order valence-electron chi connectivity index (χ0n) is 14.8. The lowest BCUT2D eigenvalue weighted by Crippen LogP contribution is -2.36. The Morgan fingerprint density at radius 1 is 1.04 bits per heavy atom. The van der Waals surface area contributed by atoms with Crippen molar-refractivity contribution in [2.75, 3.05) is 31.0 Å². The molecule has 0 aliphatic rings. The fraction of sp³-hybridized carbons (Fsp3) is 0.263. The van der Waals surface area contributed by atoms with Crippen LogP contribution >= 0.6 is 0 Å².